The van der Waals surface area contributed by atoms with Crippen LogP contribution in [0.3, 0.4) is 0 Å². The molecule has 0 rings (SSSR count). The number of hydrogen-bond acceptors (Lipinski definition) is 3. The molecule has 0 aliphatic rings. The highest BCUT2D eigenvalue weighted by atomic mass is 35.5. The molecule has 0 aromatic heterocycles. The van der Waals surface area contributed by atoms with Crippen LogP contribution in [0, 0.1) is 5.41 Å². The predicted molar refractivity (Wildman–Crippen MR) is 30.3 cm³/mol. The van der Waals surface area contributed by atoms with Crippen LogP contribution in [0.5, 0.6) is 0 Å². The Morgan fingerprint density at radius 1 is 1.88 bits per heavy atom. The van der Waals surface area contributed by atoms with Gasteiger partial charge in [0.1, 0.15) is 5.17 Å². The van der Waals surface area contributed by atoms with Gasteiger partial charge in [-0.3, -0.25) is 10.2 Å². The van der Waals surface area contributed by atoms with Crippen molar-refractivity contribution in [2.75, 3.05) is 0 Å². The van der Waals surface area contributed by atoms with E-state index in [2.05, 4.69) is 0 Å². The SMILES string of the molecule is CC(=O)C(O)C(=N)Cl. The van der Waals surface area contributed by atoms with Gasteiger partial charge in [-0.05, 0) is 6.92 Å². The normalized spacial score (nSPS) is 12.9. The van der Waals surface area contributed by atoms with Crippen molar-refractivity contribution in [3.05, 3.63) is 0 Å². The molecule has 0 saturated heterocycles. The lowest BCUT2D eigenvalue weighted by Gasteiger charge is -1.98. The topological polar surface area (TPSA) is 61.1 Å². The number of ketones is 1. The summed E-state index contributed by atoms with van der Waals surface area (Å²) in [5.74, 6) is -0.509. The van der Waals surface area contributed by atoms with E-state index in [9.17, 15) is 4.79 Å². The van der Waals surface area contributed by atoms with E-state index in [4.69, 9.17) is 22.1 Å². The standard InChI is InChI=1S/C4H6ClNO2/c1-2(7)3(8)4(5)6/h3,6,8H,1H3. The minimum atomic E-state index is -1.42. The maximum Gasteiger partial charge on any atom is 0.165 e. The summed E-state index contributed by atoms with van der Waals surface area (Å²) in [6, 6.07) is 0. The molecule has 0 heterocycles. The number of carbonyl (C=O) groups is 1. The molecule has 3 nitrogen and oxygen atoms in total. The van der Waals surface area contributed by atoms with Crippen LogP contribution in [0.25, 0.3) is 0 Å². The van der Waals surface area contributed by atoms with Gasteiger partial charge in [-0.15, -0.1) is 0 Å². The van der Waals surface area contributed by atoms with Crippen LogP contribution < -0.4 is 0 Å². The summed E-state index contributed by atoms with van der Waals surface area (Å²) < 4.78 is 0. The predicted octanol–water partition coefficient (Wildman–Crippen LogP) is 0.152. The Morgan fingerprint density at radius 2 is 2.25 bits per heavy atom. The van der Waals surface area contributed by atoms with Gasteiger partial charge in [-0.25, -0.2) is 0 Å². The number of aliphatic hydroxyl groups is 1. The zero-order chi connectivity index (χ0) is 6.73. The van der Waals surface area contributed by atoms with Crippen molar-refractivity contribution in [2.24, 2.45) is 0 Å². The Balaban J connectivity index is 3.83. The second-order valence-electron chi connectivity index (χ2n) is 1.36. The number of hydrogen-bond donors (Lipinski definition) is 2. The van der Waals surface area contributed by atoms with Crippen molar-refractivity contribution >= 4 is 22.6 Å². The molecule has 0 fully saturated rings. The van der Waals surface area contributed by atoms with Crippen LogP contribution in [0.4, 0.5) is 0 Å². The molecule has 2 N–H and O–H groups in total. The maximum atomic E-state index is 10.1. The monoisotopic (exact) mass is 135 g/mol. The van der Waals surface area contributed by atoms with Gasteiger partial charge >= 0.3 is 0 Å². The van der Waals surface area contributed by atoms with Crippen LogP contribution in [0.2, 0.25) is 0 Å². The molecule has 4 heteroatoms. The number of nitrogens with one attached hydrogen (secondary N) is 1. The van der Waals surface area contributed by atoms with E-state index in [1.54, 1.807) is 0 Å². The first-order valence-electron chi connectivity index (χ1n) is 1.98. The number of halogens is 1. The number of carbonyl (C=O) groups excluding carboxylic acids is 1. The van der Waals surface area contributed by atoms with E-state index < -0.39 is 17.1 Å². The second kappa shape index (κ2) is 2.79. The lowest BCUT2D eigenvalue weighted by atomic mass is 10.3. The molecule has 0 aliphatic carbocycles. The molecule has 0 bridgehead atoms. The fraction of sp³-hybridized carbons (Fsp3) is 0.500. The van der Waals surface area contributed by atoms with Crippen molar-refractivity contribution in [1.29, 1.82) is 5.41 Å². The minimum Gasteiger partial charge on any atom is -0.378 e. The van der Waals surface area contributed by atoms with Crippen LogP contribution in [-0.4, -0.2) is 22.2 Å². The molecule has 8 heavy (non-hydrogen) atoms. The van der Waals surface area contributed by atoms with Gasteiger partial charge in [0.2, 0.25) is 0 Å². The lowest BCUT2D eigenvalue weighted by Crippen LogP contribution is -2.22. The second-order valence-corrected chi connectivity index (χ2v) is 1.77. The van der Waals surface area contributed by atoms with Gasteiger partial charge in [0.25, 0.3) is 0 Å². The average Bonchev–Trinajstić information content (AvgIpc) is 1.64. The van der Waals surface area contributed by atoms with Crippen LogP contribution >= 0.6 is 11.6 Å². The Morgan fingerprint density at radius 3 is 2.25 bits per heavy atom. The first kappa shape index (κ1) is 7.59. The summed E-state index contributed by atoms with van der Waals surface area (Å²) in [5.41, 5.74) is 0. The summed E-state index contributed by atoms with van der Waals surface area (Å²) in [7, 11) is 0. The average molecular weight is 136 g/mol. The van der Waals surface area contributed by atoms with Gasteiger partial charge in [0.15, 0.2) is 11.9 Å². The number of Topliss-reactive ketones (excluding diaryl/α,β-unsaturated/α-hetero) is 1. The summed E-state index contributed by atoms with van der Waals surface area (Å²) in [6.45, 7) is 1.17. The first-order valence-corrected chi connectivity index (χ1v) is 2.36. The molecule has 1 unspecified atom stereocenters. The molecule has 0 amide bonds. The third-order valence-corrected chi connectivity index (χ3v) is 0.832. The molecule has 0 aromatic carbocycles. The summed E-state index contributed by atoms with van der Waals surface area (Å²) >= 11 is 4.94. The van der Waals surface area contributed by atoms with Crippen molar-refractivity contribution < 1.29 is 9.90 Å². The molecule has 0 saturated carbocycles. The molecule has 0 spiro atoms. The van der Waals surface area contributed by atoms with Gasteiger partial charge in [-0.1, -0.05) is 11.6 Å². The van der Waals surface area contributed by atoms with Gasteiger partial charge in [0.05, 0.1) is 0 Å². The van der Waals surface area contributed by atoms with Gasteiger partial charge < -0.3 is 5.11 Å². The van der Waals surface area contributed by atoms with Gasteiger partial charge in [-0.2, -0.15) is 0 Å². The van der Waals surface area contributed by atoms with E-state index in [1.807, 2.05) is 0 Å². The zero-order valence-electron chi connectivity index (χ0n) is 4.31. The number of aliphatic hydroxyl groups excluding tert-OH is 1. The summed E-state index contributed by atoms with van der Waals surface area (Å²) in [5, 5.41) is 14.5. The van der Waals surface area contributed by atoms with Crippen LogP contribution in [0.15, 0.2) is 0 Å². The van der Waals surface area contributed by atoms with Crippen LogP contribution in [0.1, 0.15) is 6.92 Å². The Labute approximate surface area is 51.8 Å². The summed E-state index contributed by atoms with van der Waals surface area (Å²) in [6.07, 6.45) is -1.42. The number of rotatable bonds is 2. The Hall–Kier alpha value is -0.410. The first-order chi connectivity index (χ1) is 3.55. The fourth-order valence-corrected chi connectivity index (χ4v) is 0.332. The Kier molecular flexibility index (Phi) is 2.65. The molecule has 1 atom stereocenters. The smallest absolute Gasteiger partial charge is 0.165 e. The van der Waals surface area contributed by atoms with Crippen molar-refractivity contribution in [2.45, 2.75) is 13.0 Å². The third kappa shape index (κ3) is 2.04. The van der Waals surface area contributed by atoms with Crippen molar-refractivity contribution in [1.82, 2.24) is 0 Å². The van der Waals surface area contributed by atoms with Gasteiger partial charge in [0, 0.05) is 0 Å². The van der Waals surface area contributed by atoms with E-state index in [0.717, 1.165) is 0 Å². The highest BCUT2D eigenvalue weighted by molar-refractivity contribution is 6.67. The quantitative estimate of drug-likeness (QED) is 0.530. The minimum absolute atomic E-state index is 0.509. The van der Waals surface area contributed by atoms with E-state index >= 15 is 0 Å². The molecular weight excluding hydrogens is 130 g/mol. The third-order valence-electron chi connectivity index (χ3n) is 0.625. The molecule has 0 radical (unpaired) electrons. The Bertz CT molecular complexity index is 109. The van der Waals surface area contributed by atoms with Crippen molar-refractivity contribution in [3.8, 4) is 0 Å². The largest absolute Gasteiger partial charge is 0.378 e. The molecule has 46 valence electrons. The van der Waals surface area contributed by atoms with E-state index in [-0.39, 0.29) is 0 Å². The lowest BCUT2D eigenvalue weighted by molar-refractivity contribution is -0.121. The van der Waals surface area contributed by atoms with Crippen molar-refractivity contribution in [3.63, 3.8) is 0 Å². The molecule has 0 aromatic rings. The van der Waals surface area contributed by atoms with E-state index in [0.29, 0.717) is 0 Å². The fourth-order valence-electron chi connectivity index (χ4n) is 0.178. The zero-order valence-corrected chi connectivity index (χ0v) is 5.07. The molecular formula is C4H6ClNO2. The summed E-state index contributed by atoms with van der Waals surface area (Å²) in [4.78, 5) is 10.1. The highest BCUT2D eigenvalue weighted by Gasteiger charge is 2.12. The van der Waals surface area contributed by atoms with Crippen LogP contribution in [-0.2, 0) is 4.79 Å². The van der Waals surface area contributed by atoms with E-state index in [1.165, 1.54) is 6.92 Å². The highest BCUT2D eigenvalue weighted by Crippen LogP contribution is 1.91. The maximum absolute atomic E-state index is 10.1. The molecule has 0 aliphatic heterocycles.